The highest BCUT2D eigenvalue weighted by Crippen LogP contribution is 2.20. The number of ether oxygens (including phenoxy) is 1. The summed E-state index contributed by atoms with van der Waals surface area (Å²) in [5, 5.41) is 12.4. The molecule has 0 spiro atoms. The van der Waals surface area contributed by atoms with Gasteiger partial charge in [0.1, 0.15) is 12.4 Å². The van der Waals surface area contributed by atoms with Crippen LogP contribution in [0, 0.1) is 0 Å². The van der Waals surface area contributed by atoms with Gasteiger partial charge in [-0.25, -0.2) is 4.79 Å². The number of benzene rings is 2. The largest absolute Gasteiger partial charge is 0.507 e. The standard InChI is InChI=1S/C20H21NO4/c1-15(22)18-11-10-16(13-19(18)23)7-5-6-12-21-20(24)25-14-17-8-3-2-4-9-17/h2-5,7-11,13,23H,6,12,14H2,1H3,(H,21,24). The molecule has 2 N–H and O–H groups in total. The summed E-state index contributed by atoms with van der Waals surface area (Å²) in [5.41, 5.74) is 2.03. The van der Waals surface area contributed by atoms with Crippen LogP contribution in [0.1, 0.15) is 34.8 Å². The fourth-order valence-corrected chi connectivity index (χ4v) is 2.20. The van der Waals surface area contributed by atoms with Crippen LogP contribution in [-0.2, 0) is 11.3 Å². The smallest absolute Gasteiger partial charge is 0.407 e. The van der Waals surface area contributed by atoms with Gasteiger partial charge in [0.25, 0.3) is 0 Å². The predicted molar refractivity (Wildman–Crippen MR) is 96.4 cm³/mol. The van der Waals surface area contributed by atoms with Gasteiger partial charge in [-0.3, -0.25) is 4.79 Å². The molecule has 0 bridgehead atoms. The van der Waals surface area contributed by atoms with Crippen LogP contribution < -0.4 is 5.32 Å². The number of nitrogens with one attached hydrogen (secondary N) is 1. The third-order valence-corrected chi connectivity index (χ3v) is 3.50. The number of hydrogen-bond acceptors (Lipinski definition) is 4. The summed E-state index contributed by atoms with van der Waals surface area (Å²) in [4.78, 5) is 22.8. The molecule has 2 aromatic carbocycles. The Kier molecular flexibility index (Phi) is 6.77. The quantitative estimate of drug-likeness (QED) is 0.592. The molecular formula is C20H21NO4. The van der Waals surface area contributed by atoms with E-state index in [2.05, 4.69) is 5.32 Å². The molecule has 0 saturated heterocycles. The van der Waals surface area contributed by atoms with Crippen molar-refractivity contribution in [2.24, 2.45) is 0 Å². The van der Waals surface area contributed by atoms with Crippen molar-refractivity contribution in [2.45, 2.75) is 20.0 Å². The van der Waals surface area contributed by atoms with Crippen molar-refractivity contribution in [3.05, 3.63) is 71.3 Å². The normalized spacial score (nSPS) is 10.6. The molecule has 0 heterocycles. The van der Waals surface area contributed by atoms with Crippen molar-refractivity contribution in [3.8, 4) is 5.75 Å². The molecule has 0 aliphatic carbocycles. The number of Topliss-reactive ketones (excluding diaryl/α,β-unsaturated/α-hetero) is 1. The molecule has 0 unspecified atom stereocenters. The topological polar surface area (TPSA) is 75.6 Å². The maximum atomic E-state index is 11.6. The maximum absolute atomic E-state index is 11.6. The van der Waals surface area contributed by atoms with Crippen molar-refractivity contribution < 1.29 is 19.4 Å². The monoisotopic (exact) mass is 339 g/mol. The van der Waals surface area contributed by atoms with Crippen LogP contribution in [0.5, 0.6) is 5.75 Å². The third-order valence-electron chi connectivity index (χ3n) is 3.50. The minimum Gasteiger partial charge on any atom is -0.507 e. The summed E-state index contributed by atoms with van der Waals surface area (Å²) in [6.45, 7) is 2.10. The molecule has 130 valence electrons. The highest BCUT2D eigenvalue weighted by molar-refractivity contribution is 5.96. The lowest BCUT2D eigenvalue weighted by Crippen LogP contribution is -2.24. The van der Waals surface area contributed by atoms with Crippen LogP contribution in [0.2, 0.25) is 0 Å². The van der Waals surface area contributed by atoms with Crippen LogP contribution in [0.25, 0.3) is 6.08 Å². The Morgan fingerprint density at radius 3 is 2.60 bits per heavy atom. The number of carbonyl (C=O) groups is 2. The van der Waals surface area contributed by atoms with Gasteiger partial charge >= 0.3 is 6.09 Å². The average Bonchev–Trinajstić information content (AvgIpc) is 2.60. The molecule has 25 heavy (non-hydrogen) atoms. The summed E-state index contributed by atoms with van der Waals surface area (Å²) in [5.74, 6) is -0.205. The lowest BCUT2D eigenvalue weighted by molar-refractivity contribution is 0.101. The van der Waals surface area contributed by atoms with Gasteiger partial charge in [0.05, 0.1) is 5.56 Å². The van der Waals surface area contributed by atoms with Crippen molar-refractivity contribution in [2.75, 3.05) is 6.54 Å². The first-order chi connectivity index (χ1) is 12.1. The molecule has 0 aromatic heterocycles. The zero-order chi connectivity index (χ0) is 18.1. The van der Waals surface area contributed by atoms with Crippen LogP contribution in [-0.4, -0.2) is 23.5 Å². The van der Waals surface area contributed by atoms with Gasteiger partial charge in [-0.1, -0.05) is 48.6 Å². The minimum absolute atomic E-state index is 0.0303. The molecule has 0 radical (unpaired) electrons. The Morgan fingerprint density at radius 1 is 1.16 bits per heavy atom. The SMILES string of the molecule is CC(=O)c1ccc(C=CCCNC(=O)OCc2ccccc2)cc1O. The number of alkyl carbamates (subject to hydrolysis) is 1. The number of hydrogen-bond donors (Lipinski definition) is 2. The Hall–Kier alpha value is -3.08. The zero-order valence-corrected chi connectivity index (χ0v) is 14.1. The summed E-state index contributed by atoms with van der Waals surface area (Å²) in [6, 6.07) is 14.4. The molecule has 2 rings (SSSR count). The number of phenolic OH excluding ortho intramolecular Hbond substituents is 1. The van der Waals surface area contributed by atoms with Gasteiger partial charge in [-0.15, -0.1) is 0 Å². The van der Waals surface area contributed by atoms with Crippen molar-refractivity contribution >= 4 is 18.0 Å². The Balaban J connectivity index is 1.70. The highest BCUT2D eigenvalue weighted by Gasteiger charge is 2.05. The third kappa shape index (κ3) is 6.14. The first-order valence-corrected chi connectivity index (χ1v) is 8.01. The second-order valence-corrected chi connectivity index (χ2v) is 5.51. The van der Waals surface area contributed by atoms with Gasteiger partial charge in [-0.2, -0.15) is 0 Å². The number of aromatic hydroxyl groups is 1. The number of rotatable bonds is 7. The molecule has 0 atom stereocenters. The van der Waals surface area contributed by atoms with E-state index in [0.717, 1.165) is 11.1 Å². The van der Waals surface area contributed by atoms with Gasteiger partial charge in [-0.05, 0) is 36.6 Å². The molecule has 0 aliphatic rings. The molecular weight excluding hydrogens is 318 g/mol. The predicted octanol–water partition coefficient (Wildman–Crippen LogP) is 3.92. The van der Waals surface area contributed by atoms with Crippen LogP contribution in [0.3, 0.4) is 0 Å². The van der Waals surface area contributed by atoms with Gasteiger partial charge in [0, 0.05) is 6.54 Å². The number of phenols is 1. The number of ketones is 1. The summed E-state index contributed by atoms with van der Waals surface area (Å²) < 4.78 is 5.11. The number of carbonyl (C=O) groups excluding carboxylic acids is 2. The lowest BCUT2D eigenvalue weighted by atomic mass is 10.1. The van der Waals surface area contributed by atoms with E-state index >= 15 is 0 Å². The fraction of sp³-hybridized carbons (Fsp3) is 0.200. The van der Waals surface area contributed by atoms with Crippen molar-refractivity contribution in [3.63, 3.8) is 0 Å². The van der Waals surface area contributed by atoms with E-state index in [9.17, 15) is 14.7 Å². The van der Waals surface area contributed by atoms with E-state index in [1.165, 1.54) is 13.0 Å². The van der Waals surface area contributed by atoms with E-state index in [1.54, 1.807) is 12.1 Å². The lowest BCUT2D eigenvalue weighted by Gasteiger charge is -2.06. The second kappa shape index (κ2) is 9.27. The first kappa shape index (κ1) is 18.3. The van der Waals surface area contributed by atoms with Crippen LogP contribution in [0.4, 0.5) is 4.79 Å². The minimum atomic E-state index is -0.458. The van der Waals surface area contributed by atoms with Gasteiger partial charge < -0.3 is 15.2 Å². The van der Waals surface area contributed by atoms with E-state index < -0.39 is 6.09 Å². The molecule has 5 nitrogen and oxygen atoms in total. The maximum Gasteiger partial charge on any atom is 0.407 e. The van der Waals surface area contributed by atoms with E-state index in [0.29, 0.717) is 18.5 Å². The van der Waals surface area contributed by atoms with E-state index in [4.69, 9.17) is 4.74 Å². The van der Waals surface area contributed by atoms with E-state index in [1.807, 2.05) is 42.5 Å². The van der Waals surface area contributed by atoms with E-state index in [-0.39, 0.29) is 18.1 Å². The van der Waals surface area contributed by atoms with Crippen LogP contribution >= 0.6 is 0 Å². The first-order valence-electron chi connectivity index (χ1n) is 8.01. The average molecular weight is 339 g/mol. The van der Waals surface area contributed by atoms with Gasteiger partial charge in [0.2, 0.25) is 0 Å². The summed E-state index contributed by atoms with van der Waals surface area (Å²) in [6.07, 6.45) is 3.86. The Morgan fingerprint density at radius 2 is 1.92 bits per heavy atom. The zero-order valence-electron chi connectivity index (χ0n) is 14.1. The van der Waals surface area contributed by atoms with Crippen LogP contribution in [0.15, 0.2) is 54.6 Å². The molecule has 0 aliphatic heterocycles. The molecule has 1 amide bonds. The fourth-order valence-electron chi connectivity index (χ4n) is 2.20. The summed E-state index contributed by atoms with van der Waals surface area (Å²) in [7, 11) is 0. The second-order valence-electron chi connectivity index (χ2n) is 5.51. The van der Waals surface area contributed by atoms with Crippen molar-refractivity contribution in [1.82, 2.24) is 5.32 Å². The Bertz CT molecular complexity index is 754. The molecule has 2 aromatic rings. The highest BCUT2D eigenvalue weighted by atomic mass is 16.5. The van der Waals surface area contributed by atoms with Gasteiger partial charge in [0.15, 0.2) is 5.78 Å². The molecule has 0 saturated carbocycles. The molecule has 5 heteroatoms. The van der Waals surface area contributed by atoms with Crippen molar-refractivity contribution in [1.29, 1.82) is 0 Å². The number of amides is 1. The Labute approximate surface area is 146 Å². The molecule has 0 fully saturated rings. The summed E-state index contributed by atoms with van der Waals surface area (Å²) >= 11 is 0.